The van der Waals surface area contributed by atoms with Crippen molar-refractivity contribution in [2.75, 3.05) is 26.2 Å². The number of aliphatic hydroxyl groups is 1. The Hall–Kier alpha value is -1.69. The first-order chi connectivity index (χ1) is 24.7. The van der Waals surface area contributed by atoms with Gasteiger partial charge in [0.05, 0.1) is 43.1 Å². The van der Waals surface area contributed by atoms with Gasteiger partial charge in [-0.05, 0) is 133 Å². The zero-order valence-corrected chi connectivity index (χ0v) is 31.7. The van der Waals surface area contributed by atoms with E-state index in [-0.39, 0.29) is 64.0 Å². The number of nitrogens with one attached hydrogen (secondary N) is 1. The normalized spacial score (nSPS) is 47.5. The predicted octanol–water partition coefficient (Wildman–Crippen LogP) is 5.93. The molecule has 13 unspecified atom stereocenters. The van der Waals surface area contributed by atoms with Gasteiger partial charge in [0, 0.05) is 32.1 Å². The second-order valence-electron chi connectivity index (χ2n) is 19.6. The first kappa shape index (κ1) is 36.0. The molecule has 8 nitrogen and oxygen atoms in total. The molecule has 288 valence electrons. The summed E-state index contributed by atoms with van der Waals surface area (Å²) in [7, 11) is 0. The van der Waals surface area contributed by atoms with E-state index in [0.717, 1.165) is 51.0 Å². The van der Waals surface area contributed by atoms with E-state index in [9.17, 15) is 18.7 Å². The molecule has 52 heavy (non-hydrogen) atoms. The van der Waals surface area contributed by atoms with Crippen molar-refractivity contribution in [2.24, 2.45) is 57.0 Å². The Bertz CT molecular complexity index is 1560. The third kappa shape index (κ3) is 5.26. The molecule has 2 aliphatic heterocycles. The standard InChI is InChI=1S/C42H61F2N3O5/c1-24-15-29(21-46-20-26-16-27(43)19-28(44)17-26)51-36-35(24)39(4)11-12-41-23-40(41)10-9-32(38(2,3)30(40)7-8-31(41)42(39,45)37(36)49)52-34-22-47(13-14-50-34)33(48)18-25-5-6-25/h16-17,19,24-25,29-32,34-37,46,49H,5-15,18,20-23,45H2,1-4H3. The van der Waals surface area contributed by atoms with Crippen LogP contribution >= 0.6 is 0 Å². The van der Waals surface area contributed by atoms with E-state index in [0.29, 0.717) is 62.5 Å². The molecule has 8 fully saturated rings. The Kier molecular flexibility index (Phi) is 8.58. The number of amides is 1. The van der Waals surface area contributed by atoms with Gasteiger partial charge in [0.1, 0.15) is 11.6 Å². The van der Waals surface area contributed by atoms with Gasteiger partial charge in [0.15, 0.2) is 6.29 Å². The summed E-state index contributed by atoms with van der Waals surface area (Å²) in [5.41, 5.74) is 7.72. The number of nitrogens with two attached hydrogens (primary N) is 1. The summed E-state index contributed by atoms with van der Waals surface area (Å²) in [5.74, 6) is 0.934. The number of nitrogens with zero attached hydrogens (tertiary/aromatic N) is 1. The molecule has 13 atom stereocenters. The molecule has 0 aromatic heterocycles. The van der Waals surface area contributed by atoms with Crippen LogP contribution < -0.4 is 11.1 Å². The molecular weight excluding hydrogens is 664 g/mol. The highest BCUT2D eigenvalue weighted by molar-refractivity contribution is 5.76. The van der Waals surface area contributed by atoms with Gasteiger partial charge >= 0.3 is 0 Å². The maximum atomic E-state index is 13.8. The molecule has 2 spiro atoms. The molecule has 1 amide bonds. The molecule has 8 aliphatic rings. The van der Waals surface area contributed by atoms with Crippen molar-refractivity contribution >= 4 is 5.91 Å². The molecule has 2 saturated heterocycles. The Morgan fingerprint density at radius 3 is 2.52 bits per heavy atom. The van der Waals surface area contributed by atoms with Gasteiger partial charge < -0.3 is 35.3 Å². The van der Waals surface area contributed by atoms with Crippen molar-refractivity contribution in [1.29, 1.82) is 0 Å². The summed E-state index contributed by atoms with van der Waals surface area (Å²) in [5, 5.41) is 15.8. The summed E-state index contributed by atoms with van der Waals surface area (Å²) in [6.07, 6.45) is 9.95. The van der Waals surface area contributed by atoms with Crippen LogP contribution in [-0.4, -0.2) is 78.4 Å². The van der Waals surface area contributed by atoms with E-state index in [1.54, 1.807) is 0 Å². The van der Waals surface area contributed by atoms with Crippen LogP contribution in [0.5, 0.6) is 0 Å². The fourth-order valence-electron chi connectivity index (χ4n) is 14.3. The average molecular weight is 726 g/mol. The van der Waals surface area contributed by atoms with E-state index in [1.807, 2.05) is 4.90 Å². The number of aliphatic hydroxyl groups excluding tert-OH is 1. The van der Waals surface area contributed by atoms with E-state index >= 15 is 0 Å². The average Bonchev–Trinajstić information content (AvgIpc) is 4.01. The Balaban J connectivity index is 0.886. The van der Waals surface area contributed by atoms with Gasteiger partial charge in [-0.1, -0.05) is 27.7 Å². The molecule has 0 bridgehead atoms. The van der Waals surface area contributed by atoms with Crippen molar-refractivity contribution in [3.05, 3.63) is 35.4 Å². The van der Waals surface area contributed by atoms with Crippen molar-refractivity contribution in [1.82, 2.24) is 10.2 Å². The van der Waals surface area contributed by atoms with Crippen molar-refractivity contribution in [3.8, 4) is 0 Å². The molecule has 10 heteroatoms. The molecule has 1 aromatic rings. The fourth-order valence-corrected chi connectivity index (χ4v) is 14.3. The smallest absolute Gasteiger partial charge is 0.223 e. The Morgan fingerprint density at radius 2 is 1.77 bits per heavy atom. The number of hydrogen-bond donors (Lipinski definition) is 3. The molecule has 9 rings (SSSR count). The zero-order chi connectivity index (χ0) is 36.4. The SMILES string of the molecule is CC1CC(CNCc2cc(F)cc(F)c2)OC2C1C1(C)CCC34CC35CCC(OC3CN(C(=O)CC6CC6)CCO3)C(C)(C)C5CCC4C1(N)C2O. The van der Waals surface area contributed by atoms with Crippen molar-refractivity contribution < 1.29 is 32.9 Å². The Morgan fingerprint density at radius 1 is 1.04 bits per heavy atom. The number of fused-ring (bicyclic) bond motifs is 4. The minimum Gasteiger partial charge on any atom is -0.388 e. The summed E-state index contributed by atoms with van der Waals surface area (Å²) < 4.78 is 47.3. The van der Waals surface area contributed by atoms with Crippen LogP contribution in [0.25, 0.3) is 0 Å². The molecule has 6 aliphatic carbocycles. The maximum absolute atomic E-state index is 13.8. The minimum absolute atomic E-state index is 0.0453. The van der Waals surface area contributed by atoms with Crippen LogP contribution in [0.4, 0.5) is 8.78 Å². The number of carbonyl (C=O) groups excluding carboxylic acids is 1. The predicted molar refractivity (Wildman–Crippen MR) is 192 cm³/mol. The lowest BCUT2D eigenvalue weighted by Gasteiger charge is -2.63. The van der Waals surface area contributed by atoms with Crippen LogP contribution in [-0.2, 0) is 25.5 Å². The number of morpholine rings is 1. The second-order valence-corrected chi connectivity index (χ2v) is 19.6. The molecule has 2 heterocycles. The summed E-state index contributed by atoms with van der Waals surface area (Å²) in [4.78, 5) is 14.9. The fraction of sp³-hybridized carbons (Fsp3) is 0.833. The molecule has 6 saturated carbocycles. The van der Waals surface area contributed by atoms with Crippen LogP contribution in [0.1, 0.15) is 104 Å². The van der Waals surface area contributed by atoms with Gasteiger partial charge in [-0.15, -0.1) is 0 Å². The quantitative estimate of drug-likeness (QED) is 0.305. The number of carbonyl (C=O) groups is 1. The summed E-state index contributed by atoms with van der Waals surface area (Å²) in [6, 6.07) is 3.60. The van der Waals surface area contributed by atoms with Gasteiger partial charge in [-0.2, -0.15) is 0 Å². The van der Waals surface area contributed by atoms with Gasteiger partial charge in [-0.25, -0.2) is 8.78 Å². The highest BCUT2D eigenvalue weighted by atomic mass is 19.1. The van der Waals surface area contributed by atoms with E-state index in [2.05, 4.69) is 33.0 Å². The van der Waals surface area contributed by atoms with Gasteiger partial charge in [0.2, 0.25) is 5.91 Å². The molecule has 0 radical (unpaired) electrons. The van der Waals surface area contributed by atoms with E-state index in [1.165, 1.54) is 31.4 Å². The van der Waals surface area contributed by atoms with Gasteiger partial charge in [0.25, 0.3) is 0 Å². The lowest BCUT2D eigenvalue weighted by atomic mass is 9.43. The lowest BCUT2D eigenvalue weighted by molar-refractivity contribution is -0.245. The molecule has 1 aromatic carbocycles. The maximum Gasteiger partial charge on any atom is 0.223 e. The summed E-state index contributed by atoms with van der Waals surface area (Å²) >= 11 is 0. The largest absolute Gasteiger partial charge is 0.388 e. The zero-order valence-electron chi connectivity index (χ0n) is 31.7. The van der Waals surface area contributed by atoms with Crippen LogP contribution in [0.2, 0.25) is 0 Å². The highest BCUT2D eigenvalue weighted by Gasteiger charge is 2.85. The number of ether oxygens (including phenoxy) is 3. The van der Waals surface area contributed by atoms with Crippen molar-refractivity contribution in [2.45, 2.75) is 141 Å². The number of hydrogen-bond acceptors (Lipinski definition) is 7. The van der Waals surface area contributed by atoms with E-state index in [4.69, 9.17) is 19.9 Å². The number of rotatable bonds is 8. The Labute approximate surface area is 308 Å². The molecule has 4 N–H and O–H groups in total. The third-order valence-corrected chi connectivity index (χ3v) is 16.8. The highest BCUT2D eigenvalue weighted by Crippen LogP contribution is 2.87. The monoisotopic (exact) mass is 725 g/mol. The van der Waals surface area contributed by atoms with Crippen LogP contribution in [0.15, 0.2) is 18.2 Å². The first-order valence-electron chi connectivity index (χ1n) is 20.5. The first-order valence-corrected chi connectivity index (χ1v) is 20.5. The third-order valence-electron chi connectivity index (χ3n) is 16.8. The molecular formula is C42H61F2N3O5. The van der Waals surface area contributed by atoms with Crippen LogP contribution in [0.3, 0.4) is 0 Å². The van der Waals surface area contributed by atoms with Crippen LogP contribution in [0, 0.1) is 62.9 Å². The van der Waals surface area contributed by atoms with E-state index < -0.39 is 23.3 Å². The van der Waals surface area contributed by atoms with Crippen molar-refractivity contribution in [3.63, 3.8) is 0 Å². The van der Waals surface area contributed by atoms with Gasteiger partial charge in [-0.3, -0.25) is 4.79 Å². The lowest BCUT2D eigenvalue weighted by Crippen LogP contribution is -2.70. The second kappa shape index (κ2) is 12.4. The number of halogens is 2. The summed E-state index contributed by atoms with van der Waals surface area (Å²) in [6.45, 7) is 12.1. The topological polar surface area (TPSA) is 106 Å². The minimum atomic E-state index is -0.747. The number of benzene rings is 1.